The quantitative estimate of drug-likeness (QED) is 0.866. The van der Waals surface area contributed by atoms with Crippen molar-refractivity contribution >= 4 is 0 Å². The van der Waals surface area contributed by atoms with E-state index in [0.717, 1.165) is 43.0 Å². The lowest BCUT2D eigenvalue weighted by molar-refractivity contribution is 0.462. The molecule has 4 heteroatoms. The van der Waals surface area contributed by atoms with Crippen molar-refractivity contribution < 1.29 is 0 Å². The van der Waals surface area contributed by atoms with E-state index in [1.165, 1.54) is 5.56 Å². The number of fused-ring (bicyclic) bond motifs is 1. The smallest absolute Gasteiger partial charge is 0.178 e. The third-order valence-corrected chi connectivity index (χ3v) is 3.48. The summed E-state index contributed by atoms with van der Waals surface area (Å²) in [4.78, 5) is 13.3. The van der Waals surface area contributed by atoms with Gasteiger partial charge in [0.25, 0.3) is 0 Å². The standard InChI is InChI=1S/C14H16N4/c15-8-10-4-5-12-11(7-10)9-17-14(18-12)13-3-1-2-6-16-13/h1-3,6,9-10H,4-5,7-8,15H2. The maximum Gasteiger partial charge on any atom is 0.178 e. The zero-order chi connectivity index (χ0) is 12.4. The molecule has 92 valence electrons. The first kappa shape index (κ1) is 11.3. The normalized spacial score (nSPS) is 18.4. The van der Waals surface area contributed by atoms with Gasteiger partial charge in [-0.15, -0.1) is 0 Å². The Kier molecular flexibility index (Phi) is 3.02. The van der Waals surface area contributed by atoms with Crippen LogP contribution in [-0.4, -0.2) is 21.5 Å². The van der Waals surface area contributed by atoms with Crippen LogP contribution in [0.25, 0.3) is 11.5 Å². The molecule has 1 atom stereocenters. The molecule has 2 N–H and O–H groups in total. The summed E-state index contributed by atoms with van der Waals surface area (Å²) in [5.41, 5.74) is 8.97. The van der Waals surface area contributed by atoms with Crippen LogP contribution >= 0.6 is 0 Å². The molecule has 0 saturated carbocycles. The molecule has 1 unspecified atom stereocenters. The van der Waals surface area contributed by atoms with Crippen LogP contribution < -0.4 is 5.73 Å². The molecule has 2 aromatic rings. The molecule has 0 radical (unpaired) electrons. The summed E-state index contributed by atoms with van der Waals surface area (Å²) in [6.07, 6.45) is 6.84. The largest absolute Gasteiger partial charge is 0.330 e. The van der Waals surface area contributed by atoms with Crippen LogP contribution in [0.5, 0.6) is 0 Å². The van der Waals surface area contributed by atoms with Crippen molar-refractivity contribution in [3.63, 3.8) is 0 Å². The monoisotopic (exact) mass is 240 g/mol. The molecule has 0 bridgehead atoms. The van der Waals surface area contributed by atoms with Crippen LogP contribution in [-0.2, 0) is 12.8 Å². The van der Waals surface area contributed by atoms with Crippen LogP contribution in [0.2, 0.25) is 0 Å². The number of aryl methyl sites for hydroxylation is 1. The summed E-state index contributed by atoms with van der Waals surface area (Å²) in [6.45, 7) is 0.751. The fourth-order valence-electron chi connectivity index (χ4n) is 2.40. The Morgan fingerprint density at radius 2 is 2.22 bits per heavy atom. The number of pyridine rings is 1. The summed E-state index contributed by atoms with van der Waals surface area (Å²) in [5, 5.41) is 0. The first-order valence-electron chi connectivity index (χ1n) is 6.33. The molecule has 1 aliphatic rings. The van der Waals surface area contributed by atoms with E-state index < -0.39 is 0 Å². The molecule has 3 rings (SSSR count). The number of aromatic nitrogens is 3. The van der Waals surface area contributed by atoms with Crippen molar-refractivity contribution in [2.45, 2.75) is 19.3 Å². The van der Waals surface area contributed by atoms with Crippen LogP contribution in [0.1, 0.15) is 17.7 Å². The zero-order valence-electron chi connectivity index (χ0n) is 10.2. The van der Waals surface area contributed by atoms with Crippen molar-refractivity contribution in [1.82, 2.24) is 15.0 Å². The maximum absolute atomic E-state index is 5.73. The van der Waals surface area contributed by atoms with Gasteiger partial charge in [0.05, 0.1) is 0 Å². The van der Waals surface area contributed by atoms with Gasteiger partial charge in [0.1, 0.15) is 5.69 Å². The van der Waals surface area contributed by atoms with Gasteiger partial charge in [-0.05, 0) is 49.4 Å². The lowest BCUT2D eigenvalue weighted by Crippen LogP contribution is -2.23. The second-order valence-electron chi connectivity index (χ2n) is 4.73. The molecule has 2 aromatic heterocycles. The number of rotatable bonds is 2. The van der Waals surface area contributed by atoms with Gasteiger partial charge in [-0.3, -0.25) is 4.98 Å². The van der Waals surface area contributed by atoms with Crippen LogP contribution in [0, 0.1) is 5.92 Å². The molecule has 0 saturated heterocycles. The second kappa shape index (κ2) is 4.82. The predicted molar refractivity (Wildman–Crippen MR) is 69.8 cm³/mol. The summed E-state index contributed by atoms with van der Waals surface area (Å²) in [6, 6.07) is 5.79. The SMILES string of the molecule is NCC1CCc2nc(-c3ccccn3)ncc2C1. The van der Waals surface area contributed by atoms with Crippen molar-refractivity contribution in [1.29, 1.82) is 0 Å². The molecule has 0 aliphatic heterocycles. The van der Waals surface area contributed by atoms with E-state index in [1.807, 2.05) is 24.4 Å². The van der Waals surface area contributed by atoms with Gasteiger partial charge in [-0.1, -0.05) is 6.07 Å². The Morgan fingerprint density at radius 1 is 1.28 bits per heavy atom. The Hall–Kier alpha value is -1.81. The van der Waals surface area contributed by atoms with Crippen LogP contribution in [0.3, 0.4) is 0 Å². The molecule has 0 aromatic carbocycles. The second-order valence-corrected chi connectivity index (χ2v) is 4.73. The van der Waals surface area contributed by atoms with Crippen molar-refractivity contribution in [3.05, 3.63) is 41.9 Å². The highest BCUT2D eigenvalue weighted by molar-refractivity contribution is 5.49. The first-order chi connectivity index (χ1) is 8.86. The van der Waals surface area contributed by atoms with E-state index in [1.54, 1.807) is 6.20 Å². The predicted octanol–water partition coefficient (Wildman–Crippen LogP) is 1.60. The highest BCUT2D eigenvalue weighted by Gasteiger charge is 2.19. The molecule has 0 amide bonds. The van der Waals surface area contributed by atoms with Crippen molar-refractivity contribution in [2.75, 3.05) is 6.54 Å². The highest BCUT2D eigenvalue weighted by atomic mass is 14.9. The molecule has 0 fully saturated rings. The number of hydrogen-bond acceptors (Lipinski definition) is 4. The number of nitrogens with two attached hydrogens (primary N) is 1. The lowest BCUT2D eigenvalue weighted by Gasteiger charge is -2.22. The zero-order valence-corrected chi connectivity index (χ0v) is 10.2. The van der Waals surface area contributed by atoms with E-state index in [2.05, 4.69) is 15.0 Å². The molecule has 0 spiro atoms. The topological polar surface area (TPSA) is 64.7 Å². The van der Waals surface area contributed by atoms with E-state index in [9.17, 15) is 0 Å². The summed E-state index contributed by atoms with van der Waals surface area (Å²) < 4.78 is 0. The Balaban J connectivity index is 1.93. The van der Waals surface area contributed by atoms with Crippen LogP contribution in [0.15, 0.2) is 30.6 Å². The summed E-state index contributed by atoms with van der Waals surface area (Å²) in [7, 11) is 0. The Morgan fingerprint density at radius 3 is 3.00 bits per heavy atom. The first-order valence-corrected chi connectivity index (χ1v) is 6.33. The average molecular weight is 240 g/mol. The summed E-state index contributed by atoms with van der Waals surface area (Å²) >= 11 is 0. The molecule has 1 aliphatic carbocycles. The molecular weight excluding hydrogens is 224 g/mol. The van der Waals surface area contributed by atoms with Crippen LogP contribution in [0.4, 0.5) is 0 Å². The molecule has 18 heavy (non-hydrogen) atoms. The van der Waals surface area contributed by atoms with Gasteiger partial charge < -0.3 is 5.73 Å². The molecule has 4 nitrogen and oxygen atoms in total. The maximum atomic E-state index is 5.73. The number of nitrogens with zero attached hydrogens (tertiary/aromatic N) is 3. The number of hydrogen-bond donors (Lipinski definition) is 1. The third kappa shape index (κ3) is 2.11. The van der Waals surface area contributed by atoms with Gasteiger partial charge in [0.15, 0.2) is 5.82 Å². The van der Waals surface area contributed by atoms with E-state index in [0.29, 0.717) is 5.92 Å². The molecular formula is C14H16N4. The van der Waals surface area contributed by atoms with Gasteiger partial charge in [-0.2, -0.15) is 0 Å². The van der Waals surface area contributed by atoms with Crippen molar-refractivity contribution in [3.8, 4) is 11.5 Å². The minimum atomic E-state index is 0.585. The average Bonchev–Trinajstić information content (AvgIpc) is 2.47. The Bertz CT molecular complexity index is 539. The molecule has 2 heterocycles. The van der Waals surface area contributed by atoms with E-state index >= 15 is 0 Å². The summed E-state index contributed by atoms with van der Waals surface area (Å²) in [5.74, 6) is 1.31. The Labute approximate surface area is 106 Å². The van der Waals surface area contributed by atoms with Gasteiger partial charge in [0.2, 0.25) is 0 Å². The van der Waals surface area contributed by atoms with Gasteiger partial charge in [0, 0.05) is 18.1 Å². The van der Waals surface area contributed by atoms with Crippen molar-refractivity contribution in [2.24, 2.45) is 11.7 Å². The lowest BCUT2D eigenvalue weighted by atomic mass is 9.87. The van der Waals surface area contributed by atoms with Gasteiger partial charge >= 0.3 is 0 Å². The fraction of sp³-hybridized carbons (Fsp3) is 0.357. The van der Waals surface area contributed by atoms with E-state index in [-0.39, 0.29) is 0 Å². The highest BCUT2D eigenvalue weighted by Crippen LogP contribution is 2.24. The van der Waals surface area contributed by atoms with Gasteiger partial charge in [-0.25, -0.2) is 9.97 Å². The fourth-order valence-corrected chi connectivity index (χ4v) is 2.40. The third-order valence-electron chi connectivity index (χ3n) is 3.48. The minimum absolute atomic E-state index is 0.585. The minimum Gasteiger partial charge on any atom is -0.330 e. The van der Waals surface area contributed by atoms with E-state index in [4.69, 9.17) is 5.73 Å².